The lowest BCUT2D eigenvalue weighted by Gasteiger charge is -2.38. The molecule has 4 heteroatoms. The summed E-state index contributed by atoms with van der Waals surface area (Å²) in [6.45, 7) is 12.7. The van der Waals surface area contributed by atoms with Crippen molar-refractivity contribution in [2.75, 3.05) is 52.6 Å². The van der Waals surface area contributed by atoms with Crippen LogP contribution in [0.3, 0.4) is 0 Å². The quantitative estimate of drug-likeness (QED) is 0.761. The molecular formula is C19H34N2O2. The Kier molecular flexibility index (Phi) is 6.52. The third-order valence-electron chi connectivity index (χ3n) is 6.10. The standard InChI is InChI=1S/C19H34N2O2/c1-15-4-3-5-16(2)18(15)12-20-13-19(17-6-9-23-14-17)21-7-10-22-11-8-21/h4,16-20H,3,5-14H2,1-2H3/t16-,17+,18+,19+/m0/s1. The summed E-state index contributed by atoms with van der Waals surface area (Å²) in [6, 6.07) is 0.601. The average Bonchev–Trinajstić information content (AvgIpc) is 3.09. The molecule has 0 radical (unpaired) electrons. The molecule has 0 aromatic rings. The van der Waals surface area contributed by atoms with E-state index in [0.717, 1.165) is 58.5 Å². The zero-order valence-corrected chi connectivity index (χ0v) is 14.9. The van der Waals surface area contributed by atoms with Crippen LogP contribution in [0, 0.1) is 17.8 Å². The normalized spacial score (nSPS) is 34.3. The van der Waals surface area contributed by atoms with Gasteiger partial charge in [-0.05, 0) is 38.0 Å². The van der Waals surface area contributed by atoms with Crippen LogP contribution in [0.1, 0.15) is 33.1 Å². The highest BCUT2D eigenvalue weighted by Gasteiger charge is 2.31. The molecule has 1 N–H and O–H groups in total. The van der Waals surface area contributed by atoms with Gasteiger partial charge in [-0.15, -0.1) is 0 Å². The third-order valence-corrected chi connectivity index (χ3v) is 6.10. The summed E-state index contributed by atoms with van der Waals surface area (Å²) in [5.41, 5.74) is 1.59. The summed E-state index contributed by atoms with van der Waals surface area (Å²) in [7, 11) is 0. The molecule has 0 unspecified atom stereocenters. The van der Waals surface area contributed by atoms with Gasteiger partial charge < -0.3 is 14.8 Å². The molecule has 0 aromatic heterocycles. The van der Waals surface area contributed by atoms with Gasteiger partial charge in [0, 0.05) is 44.7 Å². The second kappa shape index (κ2) is 8.61. The van der Waals surface area contributed by atoms with Gasteiger partial charge in [0.25, 0.3) is 0 Å². The van der Waals surface area contributed by atoms with E-state index in [1.807, 2.05) is 0 Å². The third kappa shape index (κ3) is 4.56. The first-order valence-corrected chi connectivity index (χ1v) is 9.52. The van der Waals surface area contributed by atoms with Crippen molar-refractivity contribution in [3.63, 3.8) is 0 Å². The number of hydrogen-bond donors (Lipinski definition) is 1. The molecule has 0 spiro atoms. The Balaban J connectivity index is 1.53. The fraction of sp³-hybridized carbons (Fsp3) is 0.895. The Morgan fingerprint density at radius 2 is 2.04 bits per heavy atom. The molecule has 0 bridgehead atoms. The summed E-state index contributed by atoms with van der Waals surface area (Å²) in [6.07, 6.45) is 6.26. The molecule has 4 atom stereocenters. The van der Waals surface area contributed by atoms with Gasteiger partial charge in [0.1, 0.15) is 0 Å². The fourth-order valence-corrected chi connectivity index (χ4v) is 4.48. The minimum Gasteiger partial charge on any atom is -0.381 e. The van der Waals surface area contributed by atoms with E-state index in [9.17, 15) is 0 Å². The first-order chi connectivity index (χ1) is 11.3. The molecule has 132 valence electrons. The molecule has 1 aliphatic carbocycles. The summed E-state index contributed by atoms with van der Waals surface area (Å²) in [4.78, 5) is 2.63. The second-order valence-electron chi connectivity index (χ2n) is 7.61. The van der Waals surface area contributed by atoms with Crippen molar-refractivity contribution in [3.8, 4) is 0 Å². The highest BCUT2D eigenvalue weighted by molar-refractivity contribution is 5.09. The smallest absolute Gasteiger partial charge is 0.0594 e. The first-order valence-electron chi connectivity index (χ1n) is 9.52. The van der Waals surface area contributed by atoms with E-state index in [1.165, 1.54) is 19.3 Å². The fourth-order valence-electron chi connectivity index (χ4n) is 4.48. The van der Waals surface area contributed by atoms with E-state index < -0.39 is 0 Å². The Bertz CT molecular complexity index is 387. The van der Waals surface area contributed by atoms with Gasteiger partial charge in [0.2, 0.25) is 0 Å². The van der Waals surface area contributed by atoms with Crippen molar-refractivity contribution in [2.24, 2.45) is 17.8 Å². The molecular weight excluding hydrogens is 288 g/mol. The van der Waals surface area contributed by atoms with E-state index in [1.54, 1.807) is 5.57 Å². The number of nitrogens with one attached hydrogen (secondary N) is 1. The maximum atomic E-state index is 5.66. The van der Waals surface area contributed by atoms with E-state index >= 15 is 0 Å². The van der Waals surface area contributed by atoms with Crippen LogP contribution >= 0.6 is 0 Å². The molecule has 2 heterocycles. The minimum atomic E-state index is 0.601. The number of rotatable bonds is 6. The average molecular weight is 322 g/mol. The topological polar surface area (TPSA) is 33.7 Å². The predicted octanol–water partition coefficient (Wildman–Crippen LogP) is 2.31. The van der Waals surface area contributed by atoms with Crippen LogP contribution in [0.2, 0.25) is 0 Å². The molecule has 3 rings (SSSR count). The van der Waals surface area contributed by atoms with Crippen LogP contribution in [-0.2, 0) is 9.47 Å². The minimum absolute atomic E-state index is 0.601. The van der Waals surface area contributed by atoms with Crippen LogP contribution in [0.25, 0.3) is 0 Å². The molecule has 2 saturated heterocycles. The second-order valence-corrected chi connectivity index (χ2v) is 7.61. The predicted molar refractivity (Wildman–Crippen MR) is 93.6 cm³/mol. The van der Waals surface area contributed by atoms with Crippen LogP contribution in [0.5, 0.6) is 0 Å². The Labute approximate surface area is 141 Å². The summed E-state index contributed by atoms with van der Waals surface area (Å²) < 4.78 is 11.2. The summed E-state index contributed by atoms with van der Waals surface area (Å²) >= 11 is 0. The van der Waals surface area contributed by atoms with E-state index in [4.69, 9.17) is 9.47 Å². The number of morpholine rings is 1. The van der Waals surface area contributed by atoms with Crippen LogP contribution in [0.15, 0.2) is 11.6 Å². The number of ether oxygens (including phenoxy) is 2. The maximum absolute atomic E-state index is 5.66. The Morgan fingerprint density at radius 1 is 1.22 bits per heavy atom. The van der Waals surface area contributed by atoms with Gasteiger partial charge in [-0.25, -0.2) is 0 Å². The van der Waals surface area contributed by atoms with E-state index in [0.29, 0.717) is 17.9 Å². The molecule has 0 saturated carbocycles. The van der Waals surface area contributed by atoms with Crippen LogP contribution in [0.4, 0.5) is 0 Å². The zero-order chi connectivity index (χ0) is 16.1. The van der Waals surface area contributed by atoms with Crippen molar-refractivity contribution >= 4 is 0 Å². The highest BCUT2D eigenvalue weighted by Crippen LogP contribution is 2.29. The SMILES string of the molecule is CC1=CCC[C@H](C)[C@@H]1CNC[C@H]([C@@H]1CCOC1)N1CCOCC1. The van der Waals surface area contributed by atoms with Gasteiger partial charge >= 0.3 is 0 Å². The highest BCUT2D eigenvalue weighted by atomic mass is 16.5. The zero-order valence-electron chi connectivity index (χ0n) is 14.9. The van der Waals surface area contributed by atoms with Crippen molar-refractivity contribution < 1.29 is 9.47 Å². The van der Waals surface area contributed by atoms with Gasteiger partial charge in [-0.3, -0.25) is 4.90 Å². The monoisotopic (exact) mass is 322 g/mol. The molecule has 0 amide bonds. The Hall–Kier alpha value is -0.420. The lowest BCUT2D eigenvalue weighted by atomic mass is 9.80. The van der Waals surface area contributed by atoms with E-state index in [-0.39, 0.29) is 0 Å². The molecule has 23 heavy (non-hydrogen) atoms. The first kappa shape index (κ1) is 17.4. The van der Waals surface area contributed by atoms with Gasteiger partial charge in [0.05, 0.1) is 19.8 Å². The summed E-state index contributed by atoms with van der Waals surface area (Å²) in [5.74, 6) is 2.21. The lowest BCUT2D eigenvalue weighted by molar-refractivity contribution is 0.00123. The largest absolute Gasteiger partial charge is 0.381 e. The molecule has 4 nitrogen and oxygen atoms in total. The number of allylic oxidation sites excluding steroid dienone is 1. The van der Waals surface area contributed by atoms with Crippen LogP contribution in [-0.4, -0.2) is 63.5 Å². The van der Waals surface area contributed by atoms with Crippen molar-refractivity contribution in [1.29, 1.82) is 0 Å². The summed E-state index contributed by atoms with van der Waals surface area (Å²) in [5, 5.41) is 3.81. The number of nitrogens with zero attached hydrogens (tertiary/aromatic N) is 1. The van der Waals surface area contributed by atoms with Crippen molar-refractivity contribution in [3.05, 3.63) is 11.6 Å². The molecule has 3 aliphatic rings. The lowest BCUT2D eigenvalue weighted by Crippen LogP contribution is -2.52. The molecule has 2 fully saturated rings. The van der Waals surface area contributed by atoms with Crippen molar-refractivity contribution in [2.45, 2.75) is 39.2 Å². The van der Waals surface area contributed by atoms with E-state index in [2.05, 4.69) is 30.1 Å². The molecule has 0 aromatic carbocycles. The van der Waals surface area contributed by atoms with Gasteiger partial charge in [-0.1, -0.05) is 18.6 Å². The van der Waals surface area contributed by atoms with Gasteiger partial charge in [-0.2, -0.15) is 0 Å². The molecule has 2 aliphatic heterocycles. The number of hydrogen-bond acceptors (Lipinski definition) is 4. The van der Waals surface area contributed by atoms with Crippen molar-refractivity contribution in [1.82, 2.24) is 10.2 Å². The maximum Gasteiger partial charge on any atom is 0.0594 e. The van der Waals surface area contributed by atoms with Gasteiger partial charge in [0.15, 0.2) is 0 Å². The Morgan fingerprint density at radius 3 is 2.74 bits per heavy atom. The van der Waals surface area contributed by atoms with Crippen LogP contribution < -0.4 is 5.32 Å².